The van der Waals surface area contributed by atoms with Crippen LogP contribution in [0.4, 0.5) is 0 Å². The number of rotatable bonds is 4. The molecule has 2 aromatic rings. The van der Waals surface area contributed by atoms with Crippen molar-refractivity contribution >= 4 is 16.7 Å². The maximum absolute atomic E-state index is 12.2. The molecule has 0 N–H and O–H groups in total. The number of fused-ring (bicyclic) bond motifs is 1. The van der Waals surface area contributed by atoms with E-state index >= 15 is 0 Å². The summed E-state index contributed by atoms with van der Waals surface area (Å²) in [7, 11) is 3.07. The smallest absolute Gasteiger partial charge is 0.343 e. The molecule has 0 atom stereocenters. The van der Waals surface area contributed by atoms with Crippen molar-refractivity contribution in [2.24, 2.45) is 0 Å². The molecule has 0 bridgehead atoms. The highest BCUT2D eigenvalue weighted by Gasteiger charge is 2.18. The van der Waals surface area contributed by atoms with Gasteiger partial charge in [-0.15, -0.1) is 6.42 Å². The monoisotopic (exact) mass is 270 g/mol. The van der Waals surface area contributed by atoms with Crippen molar-refractivity contribution in [3.8, 4) is 23.8 Å². The Hall–Kier alpha value is -2.67. The van der Waals surface area contributed by atoms with Crippen LogP contribution in [0.15, 0.2) is 30.3 Å². The maximum atomic E-state index is 12.2. The molecule has 0 heterocycles. The molecule has 4 heteroatoms. The largest absolute Gasteiger partial charge is 0.497 e. The summed E-state index contributed by atoms with van der Waals surface area (Å²) >= 11 is 0. The fraction of sp³-hybridized carbons (Fsp3) is 0.188. The Kier molecular flexibility index (Phi) is 4.11. The molecule has 0 unspecified atom stereocenters. The van der Waals surface area contributed by atoms with Crippen molar-refractivity contribution in [3.63, 3.8) is 0 Å². The molecule has 0 fully saturated rings. The van der Waals surface area contributed by atoms with E-state index in [4.69, 9.17) is 20.6 Å². The van der Waals surface area contributed by atoms with E-state index < -0.39 is 5.97 Å². The Labute approximate surface area is 117 Å². The fourth-order valence-electron chi connectivity index (χ4n) is 1.97. The summed E-state index contributed by atoms with van der Waals surface area (Å²) < 4.78 is 15.4. The Morgan fingerprint density at radius 2 is 1.95 bits per heavy atom. The van der Waals surface area contributed by atoms with Gasteiger partial charge in [-0.25, -0.2) is 4.79 Å². The van der Waals surface area contributed by atoms with Gasteiger partial charge in [-0.1, -0.05) is 18.1 Å². The van der Waals surface area contributed by atoms with Gasteiger partial charge in [0.2, 0.25) is 0 Å². The van der Waals surface area contributed by atoms with Crippen molar-refractivity contribution in [2.45, 2.75) is 0 Å². The number of benzene rings is 2. The third-order valence-corrected chi connectivity index (χ3v) is 2.90. The lowest BCUT2D eigenvalue weighted by molar-refractivity contribution is 0.0555. The van der Waals surface area contributed by atoms with Crippen LogP contribution in [-0.4, -0.2) is 26.8 Å². The van der Waals surface area contributed by atoms with Gasteiger partial charge in [0, 0.05) is 5.39 Å². The minimum absolute atomic E-state index is 0.0810. The van der Waals surface area contributed by atoms with Crippen LogP contribution in [-0.2, 0) is 4.74 Å². The number of carbonyl (C=O) groups excluding carboxylic acids is 1. The normalized spacial score (nSPS) is 9.85. The van der Waals surface area contributed by atoms with Crippen molar-refractivity contribution in [3.05, 3.63) is 35.9 Å². The first-order chi connectivity index (χ1) is 9.71. The van der Waals surface area contributed by atoms with Crippen molar-refractivity contribution in [1.29, 1.82) is 0 Å². The Morgan fingerprint density at radius 3 is 2.60 bits per heavy atom. The summed E-state index contributed by atoms with van der Waals surface area (Å²) in [6, 6.07) is 9.05. The lowest BCUT2D eigenvalue weighted by Gasteiger charge is -2.11. The highest BCUT2D eigenvalue weighted by atomic mass is 16.5. The second kappa shape index (κ2) is 5.98. The zero-order chi connectivity index (χ0) is 14.5. The molecule has 0 radical (unpaired) electrons. The Balaban J connectivity index is 2.63. The van der Waals surface area contributed by atoms with E-state index in [-0.39, 0.29) is 6.61 Å². The number of esters is 1. The predicted molar refractivity (Wildman–Crippen MR) is 76.2 cm³/mol. The zero-order valence-corrected chi connectivity index (χ0v) is 11.3. The van der Waals surface area contributed by atoms with E-state index in [1.54, 1.807) is 19.2 Å². The van der Waals surface area contributed by atoms with Gasteiger partial charge in [-0.2, -0.15) is 0 Å². The molecular weight excluding hydrogens is 256 g/mol. The lowest BCUT2D eigenvalue weighted by atomic mass is 10.0. The van der Waals surface area contributed by atoms with Gasteiger partial charge in [-0.05, 0) is 23.6 Å². The second-order valence-corrected chi connectivity index (χ2v) is 4.01. The second-order valence-electron chi connectivity index (χ2n) is 4.01. The third-order valence-electron chi connectivity index (χ3n) is 2.90. The quantitative estimate of drug-likeness (QED) is 0.633. The number of ether oxygens (including phenoxy) is 3. The van der Waals surface area contributed by atoms with E-state index in [1.165, 1.54) is 7.11 Å². The van der Waals surface area contributed by atoms with Crippen LogP contribution in [0.5, 0.6) is 11.5 Å². The third kappa shape index (κ3) is 2.52. The molecule has 0 saturated heterocycles. The number of terminal acetylenes is 1. The SMILES string of the molecule is C#CCOC(=O)c1c(OC)ccc2ccc(OC)cc12. The van der Waals surface area contributed by atoms with Crippen LogP contribution < -0.4 is 9.47 Å². The number of hydrogen-bond acceptors (Lipinski definition) is 4. The van der Waals surface area contributed by atoms with Crippen LogP contribution in [0.25, 0.3) is 10.8 Å². The van der Waals surface area contributed by atoms with Gasteiger partial charge in [0.25, 0.3) is 0 Å². The van der Waals surface area contributed by atoms with Crippen LogP contribution in [0.1, 0.15) is 10.4 Å². The van der Waals surface area contributed by atoms with Crippen LogP contribution in [0, 0.1) is 12.3 Å². The molecule has 0 spiro atoms. The average Bonchev–Trinajstić information content (AvgIpc) is 2.50. The van der Waals surface area contributed by atoms with Crippen LogP contribution in [0.2, 0.25) is 0 Å². The highest BCUT2D eigenvalue weighted by molar-refractivity contribution is 6.07. The Bertz CT molecular complexity index is 677. The molecule has 0 amide bonds. The molecule has 4 nitrogen and oxygen atoms in total. The zero-order valence-electron chi connectivity index (χ0n) is 11.3. The summed E-state index contributed by atoms with van der Waals surface area (Å²) in [6.07, 6.45) is 5.11. The molecular formula is C16H14O4. The topological polar surface area (TPSA) is 44.8 Å². The minimum atomic E-state index is -0.515. The van der Waals surface area contributed by atoms with Gasteiger partial charge in [-0.3, -0.25) is 0 Å². The molecule has 0 aliphatic heterocycles. The average molecular weight is 270 g/mol. The summed E-state index contributed by atoms with van der Waals surface area (Å²) in [4.78, 5) is 12.2. The molecule has 0 saturated carbocycles. The van der Waals surface area contributed by atoms with E-state index in [0.717, 1.165) is 5.39 Å². The van der Waals surface area contributed by atoms with Crippen molar-refractivity contribution < 1.29 is 19.0 Å². The van der Waals surface area contributed by atoms with Gasteiger partial charge < -0.3 is 14.2 Å². The standard InChI is InChI=1S/C16H14O4/c1-4-9-20-16(17)15-13-10-12(18-2)7-5-11(13)6-8-14(15)19-3/h1,5-8,10H,9H2,2-3H3. The van der Waals surface area contributed by atoms with E-state index in [9.17, 15) is 4.79 Å². The predicted octanol–water partition coefficient (Wildman–Crippen LogP) is 2.65. The fourth-order valence-corrected chi connectivity index (χ4v) is 1.97. The van der Waals surface area contributed by atoms with Crippen molar-refractivity contribution in [1.82, 2.24) is 0 Å². The maximum Gasteiger partial charge on any atom is 0.343 e. The molecule has 0 aromatic heterocycles. The van der Waals surface area contributed by atoms with Gasteiger partial charge in [0.1, 0.15) is 17.1 Å². The van der Waals surface area contributed by atoms with Gasteiger partial charge in [0.15, 0.2) is 6.61 Å². The molecule has 102 valence electrons. The first-order valence-electron chi connectivity index (χ1n) is 5.96. The molecule has 2 aromatic carbocycles. The summed E-state index contributed by atoms with van der Waals surface area (Å²) in [5.41, 5.74) is 0.346. The first-order valence-corrected chi connectivity index (χ1v) is 5.96. The van der Waals surface area contributed by atoms with Gasteiger partial charge >= 0.3 is 5.97 Å². The van der Waals surface area contributed by atoms with Crippen LogP contribution >= 0.6 is 0 Å². The molecule has 0 aliphatic carbocycles. The summed E-state index contributed by atoms with van der Waals surface area (Å²) in [5.74, 6) is 2.84. The Morgan fingerprint density at radius 1 is 1.20 bits per heavy atom. The highest BCUT2D eigenvalue weighted by Crippen LogP contribution is 2.31. The molecule has 2 rings (SSSR count). The van der Waals surface area contributed by atoms with E-state index in [1.807, 2.05) is 18.2 Å². The van der Waals surface area contributed by atoms with Crippen LogP contribution in [0.3, 0.4) is 0 Å². The van der Waals surface area contributed by atoms with Crippen molar-refractivity contribution in [2.75, 3.05) is 20.8 Å². The lowest BCUT2D eigenvalue weighted by Crippen LogP contribution is -2.08. The first kappa shape index (κ1) is 13.8. The number of methoxy groups -OCH3 is 2. The summed E-state index contributed by atoms with van der Waals surface area (Å²) in [5, 5.41) is 1.59. The van der Waals surface area contributed by atoms with E-state index in [0.29, 0.717) is 22.4 Å². The number of carbonyl (C=O) groups is 1. The minimum Gasteiger partial charge on any atom is -0.497 e. The molecule has 0 aliphatic rings. The van der Waals surface area contributed by atoms with Gasteiger partial charge in [0.05, 0.1) is 14.2 Å². The van der Waals surface area contributed by atoms with E-state index in [2.05, 4.69) is 5.92 Å². The number of hydrogen-bond donors (Lipinski definition) is 0. The molecule has 20 heavy (non-hydrogen) atoms. The summed E-state index contributed by atoms with van der Waals surface area (Å²) in [6.45, 7) is -0.0810.